The number of pyridine rings is 1. The molecule has 0 aliphatic carbocycles. The van der Waals surface area contributed by atoms with Crippen LogP contribution in [0.25, 0.3) is 0 Å². The first-order valence-corrected chi connectivity index (χ1v) is 6.54. The fraction of sp³-hybridized carbons (Fsp3) is 0.312. The smallest absolute Gasteiger partial charge is 0.130 e. The highest BCUT2D eigenvalue weighted by atomic mass is 16.5. The lowest BCUT2D eigenvalue weighted by Gasteiger charge is -2.07. The Kier molecular flexibility index (Phi) is 4.93. The molecule has 100 valence electrons. The fourth-order valence-corrected chi connectivity index (χ4v) is 1.77. The number of hydrogen-bond donors (Lipinski definition) is 1. The number of nitrogens with zero attached hydrogens (tertiary/aromatic N) is 1. The van der Waals surface area contributed by atoms with E-state index in [1.54, 1.807) is 6.20 Å². The molecule has 0 saturated carbocycles. The summed E-state index contributed by atoms with van der Waals surface area (Å²) in [6.07, 6.45) is 3.18. The summed E-state index contributed by atoms with van der Waals surface area (Å²) in [5.74, 6) is 0.839. The van der Waals surface area contributed by atoms with Crippen molar-refractivity contribution in [3.8, 4) is 5.75 Å². The van der Waals surface area contributed by atoms with Crippen LogP contribution in [0, 0.1) is 0 Å². The van der Waals surface area contributed by atoms with Gasteiger partial charge in [-0.05, 0) is 49.6 Å². The first-order valence-electron chi connectivity index (χ1n) is 6.54. The molecule has 3 nitrogen and oxygen atoms in total. The molecular weight excluding hydrogens is 238 g/mol. The molecule has 0 radical (unpaired) electrons. The van der Waals surface area contributed by atoms with E-state index in [9.17, 15) is 5.11 Å². The minimum atomic E-state index is -0.250. The summed E-state index contributed by atoms with van der Waals surface area (Å²) >= 11 is 0. The fourth-order valence-electron chi connectivity index (χ4n) is 1.77. The molecule has 2 aromatic rings. The van der Waals surface area contributed by atoms with E-state index in [1.807, 2.05) is 49.4 Å². The average Bonchev–Trinajstić information content (AvgIpc) is 2.45. The summed E-state index contributed by atoms with van der Waals surface area (Å²) in [6.45, 7) is 2.29. The molecule has 0 spiro atoms. The van der Waals surface area contributed by atoms with Crippen molar-refractivity contribution in [3.63, 3.8) is 0 Å². The second kappa shape index (κ2) is 6.90. The summed E-state index contributed by atoms with van der Waals surface area (Å²) in [6, 6.07) is 13.8. The minimum absolute atomic E-state index is 0.250. The number of rotatable bonds is 6. The molecular formula is C16H19NO2. The maximum Gasteiger partial charge on any atom is 0.130 e. The lowest BCUT2D eigenvalue weighted by Crippen LogP contribution is -2.01. The highest BCUT2D eigenvalue weighted by molar-refractivity contribution is 5.27. The Bertz CT molecular complexity index is 480. The van der Waals surface area contributed by atoms with Gasteiger partial charge in [-0.2, -0.15) is 0 Å². The topological polar surface area (TPSA) is 42.4 Å². The maximum absolute atomic E-state index is 9.25. The molecule has 0 saturated heterocycles. The Hall–Kier alpha value is -1.87. The van der Waals surface area contributed by atoms with Gasteiger partial charge in [0.15, 0.2) is 0 Å². The second-order valence-corrected chi connectivity index (χ2v) is 4.64. The van der Waals surface area contributed by atoms with Crippen molar-refractivity contribution in [3.05, 3.63) is 59.9 Å². The molecule has 1 atom stereocenters. The molecule has 0 amide bonds. The van der Waals surface area contributed by atoms with Crippen molar-refractivity contribution >= 4 is 0 Å². The van der Waals surface area contributed by atoms with Gasteiger partial charge < -0.3 is 9.84 Å². The van der Waals surface area contributed by atoms with Crippen LogP contribution in [0.2, 0.25) is 0 Å². The molecule has 2 rings (SSSR count). The van der Waals surface area contributed by atoms with E-state index in [0.29, 0.717) is 6.61 Å². The Morgan fingerprint density at radius 3 is 2.58 bits per heavy atom. The normalized spacial score (nSPS) is 12.1. The van der Waals surface area contributed by atoms with E-state index in [4.69, 9.17) is 4.74 Å². The van der Waals surface area contributed by atoms with Crippen molar-refractivity contribution in [1.82, 2.24) is 4.98 Å². The molecule has 0 bridgehead atoms. The molecule has 1 aromatic carbocycles. The molecule has 1 unspecified atom stereocenters. The van der Waals surface area contributed by atoms with Crippen LogP contribution in [0.3, 0.4) is 0 Å². The van der Waals surface area contributed by atoms with E-state index < -0.39 is 0 Å². The van der Waals surface area contributed by atoms with Gasteiger partial charge in [-0.25, -0.2) is 0 Å². The van der Waals surface area contributed by atoms with Gasteiger partial charge in [0, 0.05) is 6.20 Å². The van der Waals surface area contributed by atoms with E-state index in [-0.39, 0.29) is 6.10 Å². The molecule has 0 aliphatic heterocycles. The number of ether oxygens (including phenoxy) is 1. The Morgan fingerprint density at radius 2 is 1.95 bits per heavy atom. The highest BCUT2D eigenvalue weighted by Crippen LogP contribution is 2.15. The number of aryl methyl sites for hydroxylation is 1. The quantitative estimate of drug-likeness (QED) is 0.865. The van der Waals surface area contributed by atoms with Crippen molar-refractivity contribution in [2.24, 2.45) is 0 Å². The van der Waals surface area contributed by atoms with Gasteiger partial charge in [0.25, 0.3) is 0 Å². The molecule has 19 heavy (non-hydrogen) atoms. The van der Waals surface area contributed by atoms with Crippen LogP contribution in [0.1, 0.15) is 24.6 Å². The monoisotopic (exact) mass is 257 g/mol. The summed E-state index contributed by atoms with van der Waals surface area (Å²) in [5, 5.41) is 9.25. The summed E-state index contributed by atoms with van der Waals surface area (Å²) in [5.41, 5.74) is 2.13. The number of aliphatic hydroxyl groups excluding tert-OH is 1. The molecule has 3 heteroatoms. The van der Waals surface area contributed by atoms with Gasteiger partial charge in [-0.15, -0.1) is 0 Å². The van der Waals surface area contributed by atoms with E-state index in [0.717, 1.165) is 24.3 Å². The summed E-state index contributed by atoms with van der Waals surface area (Å²) < 4.78 is 5.66. The minimum Gasteiger partial charge on any atom is -0.487 e. The lowest BCUT2D eigenvalue weighted by atomic mass is 10.1. The Morgan fingerprint density at radius 1 is 1.16 bits per heavy atom. The molecule has 0 aliphatic rings. The van der Waals surface area contributed by atoms with Crippen molar-refractivity contribution in [2.75, 3.05) is 0 Å². The third-order valence-corrected chi connectivity index (χ3v) is 2.89. The lowest BCUT2D eigenvalue weighted by molar-refractivity contribution is 0.185. The summed E-state index contributed by atoms with van der Waals surface area (Å²) in [7, 11) is 0. The molecule has 0 fully saturated rings. The van der Waals surface area contributed by atoms with E-state index in [1.165, 1.54) is 5.56 Å². The first kappa shape index (κ1) is 13.6. The standard InChI is InChI=1S/C16H19NO2/c1-13(18)5-6-14-7-9-16(10-8-14)19-12-15-4-2-3-11-17-15/h2-4,7-11,13,18H,5-6,12H2,1H3. The largest absolute Gasteiger partial charge is 0.487 e. The Balaban J connectivity index is 1.85. The van der Waals surface area contributed by atoms with Crippen LogP contribution in [0.5, 0.6) is 5.75 Å². The van der Waals surface area contributed by atoms with Gasteiger partial charge >= 0.3 is 0 Å². The highest BCUT2D eigenvalue weighted by Gasteiger charge is 2.00. The average molecular weight is 257 g/mol. The predicted molar refractivity (Wildman–Crippen MR) is 75.0 cm³/mol. The molecule has 1 heterocycles. The van der Waals surface area contributed by atoms with E-state index in [2.05, 4.69) is 4.98 Å². The molecule has 1 aromatic heterocycles. The Labute approximate surface area is 113 Å². The van der Waals surface area contributed by atoms with Crippen LogP contribution >= 0.6 is 0 Å². The zero-order valence-electron chi connectivity index (χ0n) is 11.1. The van der Waals surface area contributed by atoms with Crippen LogP contribution in [-0.2, 0) is 13.0 Å². The van der Waals surface area contributed by atoms with Gasteiger partial charge in [-0.3, -0.25) is 4.98 Å². The van der Waals surface area contributed by atoms with Gasteiger partial charge in [0.2, 0.25) is 0 Å². The molecule has 1 N–H and O–H groups in total. The van der Waals surface area contributed by atoms with Gasteiger partial charge in [0.05, 0.1) is 11.8 Å². The third-order valence-electron chi connectivity index (χ3n) is 2.89. The van der Waals surface area contributed by atoms with Crippen molar-refractivity contribution < 1.29 is 9.84 Å². The van der Waals surface area contributed by atoms with E-state index >= 15 is 0 Å². The van der Waals surface area contributed by atoms with Crippen LogP contribution in [0.15, 0.2) is 48.7 Å². The number of aromatic nitrogens is 1. The number of hydrogen-bond acceptors (Lipinski definition) is 3. The number of benzene rings is 1. The second-order valence-electron chi connectivity index (χ2n) is 4.64. The zero-order chi connectivity index (χ0) is 13.5. The SMILES string of the molecule is CC(O)CCc1ccc(OCc2ccccn2)cc1. The number of aliphatic hydroxyl groups is 1. The van der Waals surface area contributed by atoms with Crippen molar-refractivity contribution in [1.29, 1.82) is 0 Å². The van der Waals surface area contributed by atoms with Crippen LogP contribution in [-0.4, -0.2) is 16.2 Å². The maximum atomic E-state index is 9.25. The van der Waals surface area contributed by atoms with Crippen LogP contribution in [0.4, 0.5) is 0 Å². The van der Waals surface area contributed by atoms with Crippen LogP contribution < -0.4 is 4.74 Å². The van der Waals surface area contributed by atoms with Gasteiger partial charge in [-0.1, -0.05) is 18.2 Å². The summed E-state index contributed by atoms with van der Waals surface area (Å²) in [4.78, 5) is 4.21. The van der Waals surface area contributed by atoms with Crippen molar-refractivity contribution in [2.45, 2.75) is 32.5 Å². The zero-order valence-corrected chi connectivity index (χ0v) is 11.1. The first-order chi connectivity index (χ1) is 9.24. The predicted octanol–water partition coefficient (Wildman–Crippen LogP) is 2.97. The van der Waals surface area contributed by atoms with Gasteiger partial charge in [0.1, 0.15) is 12.4 Å². The third kappa shape index (κ3) is 4.72.